The van der Waals surface area contributed by atoms with Gasteiger partial charge in [0.25, 0.3) is 0 Å². The Morgan fingerprint density at radius 1 is 1.12 bits per heavy atom. The Hall–Kier alpha value is -2.21. The summed E-state index contributed by atoms with van der Waals surface area (Å²) in [7, 11) is 0. The molecule has 0 spiro atoms. The van der Waals surface area contributed by atoms with Gasteiger partial charge in [0.05, 0.1) is 26.2 Å². The molecule has 5 nitrogen and oxygen atoms in total. The van der Waals surface area contributed by atoms with Crippen molar-refractivity contribution in [2.75, 3.05) is 25.1 Å². The molecule has 0 unspecified atom stereocenters. The van der Waals surface area contributed by atoms with E-state index in [0.29, 0.717) is 37.0 Å². The van der Waals surface area contributed by atoms with Crippen molar-refractivity contribution >= 4 is 27.5 Å². The van der Waals surface area contributed by atoms with E-state index in [9.17, 15) is 4.79 Å². The van der Waals surface area contributed by atoms with Crippen molar-refractivity contribution in [1.29, 1.82) is 0 Å². The van der Waals surface area contributed by atoms with Gasteiger partial charge in [-0.1, -0.05) is 22.0 Å². The Balaban J connectivity index is 1.50. The van der Waals surface area contributed by atoms with Crippen LogP contribution in [0, 0.1) is 0 Å². The van der Waals surface area contributed by atoms with E-state index in [0.717, 1.165) is 16.6 Å². The van der Waals surface area contributed by atoms with Crippen LogP contribution in [0.15, 0.2) is 46.9 Å². The lowest BCUT2D eigenvalue weighted by molar-refractivity contribution is -0.116. The highest BCUT2D eigenvalue weighted by Gasteiger charge is 2.12. The average Bonchev–Trinajstić information content (AvgIpc) is 2.80. The standard InChI is InChI=1S/C18H18BrNO4/c19-13-3-1-4-15(11-13)22-10-7-18(21)20-14-5-6-16-17(12-14)24-9-2-8-23-16/h1,3-6,11-12H,2,7-10H2,(H,20,21). The van der Waals surface area contributed by atoms with Gasteiger partial charge in [0.1, 0.15) is 5.75 Å². The van der Waals surface area contributed by atoms with Crippen molar-refractivity contribution in [3.8, 4) is 17.2 Å². The van der Waals surface area contributed by atoms with Gasteiger partial charge in [-0.05, 0) is 30.3 Å². The number of nitrogens with one attached hydrogen (secondary N) is 1. The monoisotopic (exact) mass is 391 g/mol. The van der Waals surface area contributed by atoms with Crippen molar-refractivity contribution in [1.82, 2.24) is 0 Å². The Morgan fingerprint density at radius 3 is 2.79 bits per heavy atom. The molecule has 1 aliphatic heterocycles. The zero-order valence-corrected chi connectivity index (χ0v) is 14.7. The number of halogens is 1. The molecule has 1 N–H and O–H groups in total. The van der Waals surface area contributed by atoms with E-state index in [2.05, 4.69) is 21.2 Å². The Bertz CT molecular complexity index is 720. The van der Waals surface area contributed by atoms with Gasteiger partial charge in [-0.3, -0.25) is 4.79 Å². The number of rotatable bonds is 5. The number of amides is 1. The van der Waals surface area contributed by atoms with Gasteiger partial charge >= 0.3 is 0 Å². The predicted octanol–water partition coefficient (Wildman–Crippen LogP) is 4.02. The molecule has 0 fully saturated rings. The van der Waals surface area contributed by atoms with Crippen LogP contribution in [-0.2, 0) is 4.79 Å². The Kier molecular flexibility index (Phi) is 5.59. The summed E-state index contributed by atoms with van der Waals surface area (Å²) in [4.78, 5) is 12.0. The summed E-state index contributed by atoms with van der Waals surface area (Å²) < 4.78 is 17.7. The maximum absolute atomic E-state index is 12.0. The smallest absolute Gasteiger partial charge is 0.227 e. The van der Waals surface area contributed by atoms with Crippen LogP contribution in [0.4, 0.5) is 5.69 Å². The highest BCUT2D eigenvalue weighted by atomic mass is 79.9. The SMILES string of the molecule is O=C(CCOc1cccc(Br)c1)Nc1ccc2c(c1)OCCCO2. The molecule has 0 aliphatic carbocycles. The fourth-order valence-corrected chi connectivity index (χ4v) is 2.66. The lowest BCUT2D eigenvalue weighted by Gasteiger charge is -2.11. The number of hydrogen-bond donors (Lipinski definition) is 1. The van der Waals surface area contributed by atoms with Crippen LogP contribution < -0.4 is 19.5 Å². The maximum atomic E-state index is 12.0. The summed E-state index contributed by atoms with van der Waals surface area (Å²) in [5, 5.41) is 2.85. The van der Waals surface area contributed by atoms with E-state index in [4.69, 9.17) is 14.2 Å². The predicted molar refractivity (Wildman–Crippen MR) is 94.9 cm³/mol. The Labute approximate surface area is 149 Å². The van der Waals surface area contributed by atoms with Crippen LogP contribution >= 0.6 is 15.9 Å². The van der Waals surface area contributed by atoms with E-state index < -0.39 is 0 Å². The molecule has 0 bridgehead atoms. The minimum absolute atomic E-state index is 0.112. The van der Waals surface area contributed by atoms with E-state index in [-0.39, 0.29) is 12.3 Å². The van der Waals surface area contributed by atoms with Gasteiger partial charge in [-0.25, -0.2) is 0 Å². The zero-order valence-electron chi connectivity index (χ0n) is 13.1. The van der Waals surface area contributed by atoms with Crippen molar-refractivity contribution in [3.63, 3.8) is 0 Å². The fraction of sp³-hybridized carbons (Fsp3) is 0.278. The number of fused-ring (bicyclic) bond motifs is 1. The number of benzene rings is 2. The summed E-state index contributed by atoms with van der Waals surface area (Å²) in [5.41, 5.74) is 0.687. The highest BCUT2D eigenvalue weighted by Crippen LogP contribution is 2.32. The summed E-state index contributed by atoms with van der Waals surface area (Å²) in [6.07, 6.45) is 1.12. The first-order valence-electron chi connectivity index (χ1n) is 7.78. The number of anilines is 1. The van der Waals surface area contributed by atoms with E-state index in [1.54, 1.807) is 12.1 Å². The second-order valence-corrected chi connectivity index (χ2v) is 6.23. The third-order valence-corrected chi connectivity index (χ3v) is 3.92. The molecule has 2 aromatic carbocycles. The van der Waals surface area contributed by atoms with Crippen molar-refractivity contribution < 1.29 is 19.0 Å². The lowest BCUT2D eigenvalue weighted by Crippen LogP contribution is -2.15. The first kappa shape index (κ1) is 16.6. The van der Waals surface area contributed by atoms with Crippen LogP contribution in [0.5, 0.6) is 17.2 Å². The first-order valence-corrected chi connectivity index (χ1v) is 8.58. The lowest BCUT2D eigenvalue weighted by atomic mass is 10.2. The second-order valence-electron chi connectivity index (χ2n) is 5.32. The normalized spacial score (nSPS) is 13.0. The van der Waals surface area contributed by atoms with Crippen LogP contribution in [0.1, 0.15) is 12.8 Å². The number of carbonyl (C=O) groups is 1. The van der Waals surface area contributed by atoms with Crippen LogP contribution in [-0.4, -0.2) is 25.7 Å². The first-order chi connectivity index (χ1) is 11.7. The minimum Gasteiger partial charge on any atom is -0.493 e. The molecule has 0 atom stereocenters. The quantitative estimate of drug-likeness (QED) is 0.835. The highest BCUT2D eigenvalue weighted by molar-refractivity contribution is 9.10. The van der Waals surface area contributed by atoms with Crippen LogP contribution in [0.3, 0.4) is 0 Å². The van der Waals surface area contributed by atoms with E-state index in [1.807, 2.05) is 30.3 Å². The minimum atomic E-state index is -0.112. The number of carbonyl (C=O) groups excluding carboxylic acids is 1. The molecule has 24 heavy (non-hydrogen) atoms. The molecule has 0 saturated heterocycles. The zero-order chi connectivity index (χ0) is 16.8. The second kappa shape index (κ2) is 8.06. The molecule has 0 aromatic heterocycles. The third kappa shape index (κ3) is 4.64. The van der Waals surface area contributed by atoms with Crippen molar-refractivity contribution in [3.05, 3.63) is 46.9 Å². The van der Waals surface area contributed by atoms with E-state index >= 15 is 0 Å². The molecule has 1 aliphatic rings. The fourth-order valence-electron chi connectivity index (χ4n) is 2.28. The summed E-state index contributed by atoms with van der Waals surface area (Å²) >= 11 is 3.38. The van der Waals surface area contributed by atoms with Gasteiger partial charge in [0, 0.05) is 22.6 Å². The molecule has 3 rings (SSSR count). The molecule has 1 heterocycles. The van der Waals surface area contributed by atoms with Gasteiger partial charge in [-0.2, -0.15) is 0 Å². The van der Waals surface area contributed by atoms with Crippen molar-refractivity contribution in [2.24, 2.45) is 0 Å². The topological polar surface area (TPSA) is 56.8 Å². The molecule has 0 radical (unpaired) electrons. The summed E-state index contributed by atoms with van der Waals surface area (Å²) in [6, 6.07) is 12.9. The maximum Gasteiger partial charge on any atom is 0.227 e. The van der Waals surface area contributed by atoms with Crippen molar-refractivity contribution in [2.45, 2.75) is 12.8 Å². The molecule has 6 heteroatoms. The molecule has 0 saturated carbocycles. The number of hydrogen-bond acceptors (Lipinski definition) is 4. The Morgan fingerprint density at radius 2 is 1.96 bits per heavy atom. The third-order valence-electron chi connectivity index (χ3n) is 3.43. The van der Waals surface area contributed by atoms with Gasteiger partial charge in [-0.15, -0.1) is 0 Å². The average molecular weight is 392 g/mol. The van der Waals surface area contributed by atoms with Gasteiger partial charge < -0.3 is 19.5 Å². The summed E-state index contributed by atoms with van der Waals surface area (Å²) in [5.74, 6) is 1.99. The van der Waals surface area contributed by atoms with E-state index in [1.165, 1.54) is 0 Å². The van der Waals surface area contributed by atoms with Gasteiger partial charge in [0.2, 0.25) is 5.91 Å². The van der Waals surface area contributed by atoms with Crippen LogP contribution in [0.2, 0.25) is 0 Å². The molecule has 2 aromatic rings. The molecule has 1 amide bonds. The molecular formula is C18H18BrNO4. The van der Waals surface area contributed by atoms with Crippen LogP contribution in [0.25, 0.3) is 0 Å². The number of ether oxygens (including phenoxy) is 3. The largest absolute Gasteiger partial charge is 0.493 e. The van der Waals surface area contributed by atoms with Gasteiger partial charge in [0.15, 0.2) is 11.5 Å². The molecular weight excluding hydrogens is 374 g/mol. The molecule has 126 valence electrons. The summed E-state index contributed by atoms with van der Waals surface area (Å²) in [6.45, 7) is 1.57.